The van der Waals surface area contributed by atoms with Crippen molar-refractivity contribution >= 4 is 27.3 Å². The van der Waals surface area contributed by atoms with Gasteiger partial charge in [0.15, 0.2) is 0 Å². The third-order valence-electron chi connectivity index (χ3n) is 2.54. The number of hydrogen-bond acceptors (Lipinski definition) is 4. The molecule has 2 rings (SSSR count). The Kier molecular flexibility index (Phi) is 3.61. The molecule has 1 aromatic carbocycles. The summed E-state index contributed by atoms with van der Waals surface area (Å²) in [4.78, 5) is 10.2. The third-order valence-corrected chi connectivity index (χ3v) is 3.18. The van der Waals surface area contributed by atoms with Crippen LogP contribution in [0.1, 0.15) is 5.69 Å². The number of hydrogen-bond donors (Lipinski definition) is 1. The molecule has 0 atom stereocenters. The number of aryl methyl sites for hydroxylation is 1. The predicted octanol–water partition coefficient (Wildman–Crippen LogP) is 2.70. The van der Waals surface area contributed by atoms with Crippen LogP contribution in [-0.4, -0.2) is 14.7 Å². The average molecular weight is 311 g/mol. The molecule has 0 radical (unpaired) electrons. The lowest BCUT2D eigenvalue weighted by molar-refractivity contribution is -0.385. The SMILES string of the molecule is Cn1nccc1CNc1ccc([N+](=O)[O-])c(Br)c1. The highest BCUT2D eigenvalue weighted by Crippen LogP contribution is 2.27. The summed E-state index contributed by atoms with van der Waals surface area (Å²) >= 11 is 3.18. The van der Waals surface area contributed by atoms with E-state index in [1.807, 2.05) is 13.1 Å². The number of nitrogens with one attached hydrogen (secondary N) is 1. The lowest BCUT2D eigenvalue weighted by Gasteiger charge is -2.07. The topological polar surface area (TPSA) is 73.0 Å². The van der Waals surface area contributed by atoms with Gasteiger partial charge in [-0.25, -0.2) is 0 Å². The van der Waals surface area contributed by atoms with Gasteiger partial charge in [0.25, 0.3) is 5.69 Å². The van der Waals surface area contributed by atoms with E-state index < -0.39 is 4.92 Å². The zero-order valence-electron chi connectivity index (χ0n) is 9.63. The van der Waals surface area contributed by atoms with Crippen LogP contribution < -0.4 is 5.32 Å². The first kappa shape index (κ1) is 12.6. The van der Waals surface area contributed by atoms with E-state index in [0.29, 0.717) is 11.0 Å². The fourth-order valence-corrected chi connectivity index (χ4v) is 2.06. The molecule has 0 aliphatic rings. The van der Waals surface area contributed by atoms with Gasteiger partial charge in [0, 0.05) is 25.0 Å². The van der Waals surface area contributed by atoms with Gasteiger partial charge in [-0.3, -0.25) is 14.8 Å². The molecule has 1 N–H and O–H groups in total. The summed E-state index contributed by atoms with van der Waals surface area (Å²) in [7, 11) is 1.86. The van der Waals surface area contributed by atoms with E-state index in [1.54, 1.807) is 23.0 Å². The largest absolute Gasteiger partial charge is 0.379 e. The summed E-state index contributed by atoms with van der Waals surface area (Å²) in [6, 6.07) is 6.75. The van der Waals surface area contributed by atoms with Crippen molar-refractivity contribution in [1.82, 2.24) is 9.78 Å². The molecule has 0 fully saturated rings. The van der Waals surface area contributed by atoms with Crippen molar-refractivity contribution in [3.05, 3.63) is 50.7 Å². The number of benzene rings is 1. The summed E-state index contributed by atoms with van der Waals surface area (Å²) in [6.07, 6.45) is 1.72. The average Bonchev–Trinajstić information content (AvgIpc) is 2.72. The molecule has 0 saturated carbocycles. The molecule has 1 aromatic heterocycles. The van der Waals surface area contributed by atoms with Crippen molar-refractivity contribution in [2.45, 2.75) is 6.54 Å². The summed E-state index contributed by atoms with van der Waals surface area (Å²) in [5, 5.41) is 17.9. The molecular weight excluding hydrogens is 300 g/mol. The number of nitrogens with zero attached hydrogens (tertiary/aromatic N) is 3. The van der Waals surface area contributed by atoms with Gasteiger partial charge in [0.05, 0.1) is 21.6 Å². The quantitative estimate of drug-likeness (QED) is 0.696. The van der Waals surface area contributed by atoms with Gasteiger partial charge in [-0.2, -0.15) is 5.10 Å². The van der Waals surface area contributed by atoms with Crippen LogP contribution >= 0.6 is 15.9 Å². The Labute approximate surface area is 112 Å². The number of nitro benzene ring substituents is 1. The van der Waals surface area contributed by atoms with E-state index in [0.717, 1.165) is 11.4 Å². The van der Waals surface area contributed by atoms with Crippen molar-refractivity contribution in [2.75, 3.05) is 5.32 Å². The molecule has 0 amide bonds. The molecule has 18 heavy (non-hydrogen) atoms. The fraction of sp³-hybridized carbons (Fsp3) is 0.182. The highest BCUT2D eigenvalue weighted by Gasteiger charge is 2.11. The molecule has 0 bridgehead atoms. The van der Waals surface area contributed by atoms with Crippen LogP contribution in [0, 0.1) is 10.1 Å². The maximum atomic E-state index is 10.7. The lowest BCUT2D eigenvalue weighted by atomic mass is 10.3. The minimum atomic E-state index is -0.422. The second kappa shape index (κ2) is 5.18. The van der Waals surface area contributed by atoms with Crippen molar-refractivity contribution in [2.24, 2.45) is 7.05 Å². The minimum Gasteiger partial charge on any atom is -0.379 e. The number of nitro groups is 1. The van der Waals surface area contributed by atoms with Crippen LogP contribution in [-0.2, 0) is 13.6 Å². The predicted molar refractivity (Wildman–Crippen MR) is 71.3 cm³/mol. The van der Waals surface area contributed by atoms with Gasteiger partial charge in [-0.1, -0.05) is 0 Å². The maximum Gasteiger partial charge on any atom is 0.283 e. The second-order valence-electron chi connectivity index (χ2n) is 3.72. The van der Waals surface area contributed by atoms with Gasteiger partial charge in [0.1, 0.15) is 0 Å². The van der Waals surface area contributed by atoms with Crippen molar-refractivity contribution < 1.29 is 4.92 Å². The molecule has 94 valence electrons. The lowest BCUT2D eigenvalue weighted by Crippen LogP contribution is -2.05. The van der Waals surface area contributed by atoms with E-state index in [-0.39, 0.29) is 5.69 Å². The van der Waals surface area contributed by atoms with Crippen molar-refractivity contribution in [3.63, 3.8) is 0 Å². The van der Waals surface area contributed by atoms with Gasteiger partial charge in [0.2, 0.25) is 0 Å². The van der Waals surface area contributed by atoms with E-state index >= 15 is 0 Å². The standard InChI is InChI=1S/C11H11BrN4O2/c1-15-9(4-5-14-15)7-13-8-2-3-11(16(17)18)10(12)6-8/h2-6,13H,7H2,1H3. The van der Waals surface area contributed by atoms with E-state index in [1.165, 1.54) is 6.07 Å². The molecular formula is C11H11BrN4O2. The third kappa shape index (κ3) is 2.67. The van der Waals surface area contributed by atoms with E-state index in [9.17, 15) is 10.1 Å². The Hall–Kier alpha value is -1.89. The van der Waals surface area contributed by atoms with Crippen molar-refractivity contribution in [1.29, 1.82) is 0 Å². The van der Waals surface area contributed by atoms with E-state index in [2.05, 4.69) is 26.3 Å². The Balaban J connectivity index is 2.09. The molecule has 0 spiro atoms. The van der Waals surface area contributed by atoms with Gasteiger partial charge < -0.3 is 5.32 Å². The van der Waals surface area contributed by atoms with Crippen LogP contribution in [0.4, 0.5) is 11.4 Å². The molecule has 0 unspecified atom stereocenters. The fourth-order valence-electron chi connectivity index (χ4n) is 1.53. The highest BCUT2D eigenvalue weighted by molar-refractivity contribution is 9.10. The molecule has 1 heterocycles. The van der Waals surface area contributed by atoms with E-state index in [4.69, 9.17) is 0 Å². The molecule has 0 aliphatic carbocycles. The van der Waals surface area contributed by atoms with Crippen LogP contribution in [0.3, 0.4) is 0 Å². The number of halogens is 1. The summed E-state index contributed by atoms with van der Waals surface area (Å²) in [6.45, 7) is 0.612. The Bertz CT molecular complexity index is 582. The van der Waals surface area contributed by atoms with Crippen LogP contribution in [0.15, 0.2) is 34.9 Å². The van der Waals surface area contributed by atoms with Crippen molar-refractivity contribution in [3.8, 4) is 0 Å². The minimum absolute atomic E-state index is 0.0566. The number of aromatic nitrogens is 2. The maximum absolute atomic E-state index is 10.7. The zero-order chi connectivity index (χ0) is 13.1. The van der Waals surface area contributed by atoms with Crippen LogP contribution in [0.5, 0.6) is 0 Å². The van der Waals surface area contributed by atoms with Crippen LogP contribution in [0.25, 0.3) is 0 Å². The molecule has 2 aromatic rings. The first-order chi connectivity index (χ1) is 8.58. The zero-order valence-corrected chi connectivity index (χ0v) is 11.2. The number of rotatable bonds is 4. The molecule has 7 heteroatoms. The van der Waals surface area contributed by atoms with Gasteiger partial charge >= 0.3 is 0 Å². The molecule has 0 saturated heterocycles. The highest BCUT2D eigenvalue weighted by atomic mass is 79.9. The first-order valence-electron chi connectivity index (χ1n) is 5.22. The number of anilines is 1. The Morgan fingerprint density at radius 1 is 1.50 bits per heavy atom. The molecule has 0 aliphatic heterocycles. The summed E-state index contributed by atoms with van der Waals surface area (Å²) in [5.74, 6) is 0. The first-order valence-corrected chi connectivity index (χ1v) is 6.02. The van der Waals surface area contributed by atoms with Crippen LogP contribution in [0.2, 0.25) is 0 Å². The Morgan fingerprint density at radius 3 is 2.83 bits per heavy atom. The van der Waals surface area contributed by atoms with Gasteiger partial charge in [-0.05, 0) is 34.1 Å². The van der Waals surface area contributed by atoms with Gasteiger partial charge in [-0.15, -0.1) is 0 Å². The Morgan fingerprint density at radius 2 is 2.28 bits per heavy atom. The second-order valence-corrected chi connectivity index (χ2v) is 4.58. The normalized spacial score (nSPS) is 10.3. The molecule has 6 nitrogen and oxygen atoms in total. The summed E-state index contributed by atoms with van der Waals surface area (Å²) in [5.41, 5.74) is 1.90. The smallest absolute Gasteiger partial charge is 0.283 e. The monoisotopic (exact) mass is 310 g/mol. The summed E-state index contributed by atoms with van der Waals surface area (Å²) < 4.78 is 2.23.